The largest absolute Gasteiger partial charge is 0.489 e. The Morgan fingerprint density at radius 3 is 2.26 bits per heavy atom. The molecule has 7 rings (SSSR count). The highest BCUT2D eigenvalue weighted by molar-refractivity contribution is 6.31. The Morgan fingerprint density at radius 2 is 1.61 bits per heavy atom. The van der Waals surface area contributed by atoms with Crippen molar-refractivity contribution in [1.29, 1.82) is 0 Å². The van der Waals surface area contributed by atoms with E-state index in [1.807, 2.05) is 48.5 Å². The standard InChI is InChI=1S/C25H21ClN2O3/c26-21-4-2-1-3-15(21)13-31-16-7-5-14(6-8-16)12-27-28-24(29)22-17-9-10-18(20-11-19(17)20)23(22)25(28)30/h1-10,12,17-20,22-23H,11,13H2/b27-12-/t17-,18-,19-,20-,22-,23+/m0/s1. The number of carbonyl (C=O) groups is 2. The van der Waals surface area contributed by atoms with E-state index in [1.165, 1.54) is 0 Å². The van der Waals surface area contributed by atoms with Gasteiger partial charge in [-0.05, 0) is 66.0 Å². The number of hydrazone groups is 1. The first-order valence-electron chi connectivity index (χ1n) is 10.7. The third-order valence-corrected chi connectivity index (χ3v) is 7.56. The van der Waals surface area contributed by atoms with Gasteiger partial charge in [-0.25, -0.2) is 0 Å². The first-order chi connectivity index (χ1) is 15.1. The minimum atomic E-state index is -0.219. The van der Waals surface area contributed by atoms with Crippen LogP contribution >= 0.6 is 11.6 Å². The lowest BCUT2D eigenvalue weighted by molar-refractivity contribution is -0.140. The summed E-state index contributed by atoms with van der Waals surface area (Å²) in [6, 6.07) is 14.9. The van der Waals surface area contributed by atoms with Gasteiger partial charge in [0.2, 0.25) is 0 Å². The van der Waals surface area contributed by atoms with E-state index in [-0.39, 0.29) is 35.5 Å². The Morgan fingerprint density at radius 1 is 0.968 bits per heavy atom. The summed E-state index contributed by atoms with van der Waals surface area (Å²) < 4.78 is 5.79. The third-order valence-electron chi connectivity index (χ3n) is 7.19. The molecular formula is C25H21ClN2O3. The highest BCUT2D eigenvalue weighted by Crippen LogP contribution is 2.65. The first kappa shape index (κ1) is 18.8. The van der Waals surface area contributed by atoms with Crippen molar-refractivity contribution in [2.45, 2.75) is 13.0 Å². The summed E-state index contributed by atoms with van der Waals surface area (Å²) in [7, 11) is 0. The van der Waals surface area contributed by atoms with Crippen molar-refractivity contribution in [1.82, 2.24) is 5.01 Å². The van der Waals surface area contributed by atoms with E-state index in [4.69, 9.17) is 16.3 Å². The number of halogens is 1. The van der Waals surface area contributed by atoms with Gasteiger partial charge in [-0.2, -0.15) is 10.1 Å². The number of hydrogen-bond acceptors (Lipinski definition) is 4. The molecule has 0 aromatic heterocycles. The van der Waals surface area contributed by atoms with Crippen LogP contribution in [0.25, 0.3) is 0 Å². The molecule has 6 atom stereocenters. The van der Waals surface area contributed by atoms with Crippen LogP contribution < -0.4 is 4.74 Å². The number of ether oxygens (including phenoxy) is 1. The summed E-state index contributed by atoms with van der Waals surface area (Å²) in [4.78, 5) is 25.9. The maximum atomic E-state index is 13.0. The van der Waals surface area contributed by atoms with Crippen LogP contribution in [0.15, 0.2) is 65.8 Å². The molecular weight excluding hydrogens is 412 g/mol. The van der Waals surface area contributed by atoms with Crippen LogP contribution in [0.5, 0.6) is 5.75 Å². The molecule has 4 aliphatic carbocycles. The predicted octanol–water partition coefficient (Wildman–Crippen LogP) is 4.31. The predicted molar refractivity (Wildman–Crippen MR) is 116 cm³/mol. The smallest absolute Gasteiger partial charge is 0.254 e. The number of nitrogens with zero attached hydrogens (tertiary/aromatic N) is 2. The van der Waals surface area contributed by atoms with Crippen molar-refractivity contribution >= 4 is 29.6 Å². The maximum absolute atomic E-state index is 13.0. The molecule has 31 heavy (non-hydrogen) atoms. The summed E-state index contributed by atoms with van der Waals surface area (Å²) in [5.41, 5.74) is 1.72. The molecule has 0 spiro atoms. The number of hydrogen-bond donors (Lipinski definition) is 0. The molecule has 5 nitrogen and oxygen atoms in total. The molecule has 2 aromatic carbocycles. The van der Waals surface area contributed by atoms with Gasteiger partial charge in [0.15, 0.2) is 0 Å². The molecule has 2 bridgehead atoms. The summed E-state index contributed by atoms with van der Waals surface area (Å²) >= 11 is 6.16. The minimum absolute atomic E-state index is 0.143. The molecule has 1 saturated heterocycles. The number of carbonyl (C=O) groups excluding carboxylic acids is 2. The van der Waals surface area contributed by atoms with Gasteiger partial charge in [0.05, 0.1) is 18.1 Å². The average Bonchev–Trinajstić information content (AvgIpc) is 3.57. The number of allylic oxidation sites excluding steroid dienone is 2. The zero-order chi connectivity index (χ0) is 21.1. The quantitative estimate of drug-likeness (QED) is 0.402. The van der Waals surface area contributed by atoms with Crippen LogP contribution in [-0.2, 0) is 16.2 Å². The van der Waals surface area contributed by atoms with Crippen LogP contribution in [0.2, 0.25) is 5.02 Å². The fourth-order valence-electron chi connectivity index (χ4n) is 5.61. The van der Waals surface area contributed by atoms with E-state index in [0.29, 0.717) is 29.2 Å². The van der Waals surface area contributed by atoms with Crippen LogP contribution in [0.3, 0.4) is 0 Å². The fraction of sp³-hybridized carbons (Fsp3) is 0.320. The lowest BCUT2D eigenvalue weighted by atomic mass is 9.63. The minimum Gasteiger partial charge on any atom is -0.489 e. The average molecular weight is 433 g/mol. The lowest BCUT2D eigenvalue weighted by Gasteiger charge is -2.37. The van der Waals surface area contributed by atoms with Gasteiger partial charge in [0.1, 0.15) is 12.4 Å². The van der Waals surface area contributed by atoms with E-state index in [9.17, 15) is 9.59 Å². The van der Waals surface area contributed by atoms with Crippen LogP contribution in [0.1, 0.15) is 17.5 Å². The van der Waals surface area contributed by atoms with Gasteiger partial charge in [-0.15, -0.1) is 0 Å². The molecule has 1 heterocycles. The SMILES string of the molecule is O=C1[C@@H]2[C@H]3C=C[C@@H]([C@@H]4C[C@@H]34)[C@@H]2C(=O)N1/N=C\c1ccc(OCc2ccccc2Cl)cc1. The molecule has 3 fully saturated rings. The van der Waals surface area contributed by atoms with Crippen molar-refractivity contribution in [3.63, 3.8) is 0 Å². The van der Waals surface area contributed by atoms with E-state index in [1.54, 1.807) is 6.21 Å². The molecule has 0 unspecified atom stereocenters. The van der Waals surface area contributed by atoms with Crippen molar-refractivity contribution in [2.24, 2.45) is 40.6 Å². The molecule has 5 aliphatic rings. The molecule has 6 heteroatoms. The third kappa shape index (κ3) is 3.02. The van der Waals surface area contributed by atoms with Gasteiger partial charge in [-0.1, -0.05) is 42.0 Å². The van der Waals surface area contributed by atoms with Gasteiger partial charge in [0, 0.05) is 10.6 Å². The van der Waals surface area contributed by atoms with E-state index < -0.39 is 0 Å². The Hall–Kier alpha value is -2.92. The van der Waals surface area contributed by atoms with Gasteiger partial charge >= 0.3 is 0 Å². The second-order valence-corrected chi connectivity index (χ2v) is 9.24. The lowest BCUT2D eigenvalue weighted by Crippen LogP contribution is -2.40. The van der Waals surface area contributed by atoms with Crippen molar-refractivity contribution in [2.75, 3.05) is 0 Å². The summed E-state index contributed by atoms with van der Waals surface area (Å²) in [5, 5.41) is 6.05. The monoisotopic (exact) mass is 432 g/mol. The topological polar surface area (TPSA) is 59.0 Å². The second kappa shape index (κ2) is 7.06. The van der Waals surface area contributed by atoms with Gasteiger partial charge in [0.25, 0.3) is 11.8 Å². The number of benzene rings is 2. The number of imide groups is 1. The molecule has 2 aromatic rings. The van der Waals surface area contributed by atoms with Crippen LogP contribution in [-0.4, -0.2) is 23.0 Å². The Balaban J connectivity index is 1.13. The first-order valence-corrected chi connectivity index (χ1v) is 11.1. The number of amides is 2. The van der Waals surface area contributed by atoms with E-state index in [0.717, 1.165) is 22.6 Å². The van der Waals surface area contributed by atoms with Crippen LogP contribution in [0.4, 0.5) is 0 Å². The zero-order valence-corrected chi connectivity index (χ0v) is 17.5. The van der Waals surface area contributed by atoms with Crippen molar-refractivity contribution in [3.8, 4) is 5.75 Å². The summed E-state index contributed by atoms with van der Waals surface area (Å²) in [6.07, 6.45) is 7.06. The molecule has 1 aliphatic heterocycles. The fourth-order valence-corrected chi connectivity index (χ4v) is 5.80. The van der Waals surface area contributed by atoms with Gasteiger partial charge in [-0.3, -0.25) is 9.59 Å². The van der Waals surface area contributed by atoms with Crippen molar-refractivity contribution in [3.05, 3.63) is 76.8 Å². The molecule has 156 valence electrons. The maximum Gasteiger partial charge on any atom is 0.254 e. The summed E-state index contributed by atoms with van der Waals surface area (Å²) in [6.45, 7) is 0.380. The zero-order valence-electron chi connectivity index (χ0n) is 16.7. The molecule has 0 N–H and O–H groups in total. The Bertz CT molecular complexity index is 1090. The molecule has 0 radical (unpaired) electrons. The highest BCUT2D eigenvalue weighted by Gasteiger charge is 2.67. The van der Waals surface area contributed by atoms with E-state index >= 15 is 0 Å². The second-order valence-electron chi connectivity index (χ2n) is 8.84. The Labute approximate surface area is 185 Å². The summed E-state index contributed by atoms with van der Waals surface area (Å²) in [5.74, 6) is 1.60. The Kier molecular flexibility index (Phi) is 4.29. The van der Waals surface area contributed by atoms with Gasteiger partial charge < -0.3 is 4.74 Å². The highest BCUT2D eigenvalue weighted by atomic mass is 35.5. The molecule has 2 amide bonds. The van der Waals surface area contributed by atoms with Crippen molar-refractivity contribution < 1.29 is 14.3 Å². The molecule has 2 saturated carbocycles. The normalized spacial score (nSPS) is 32.5. The van der Waals surface area contributed by atoms with E-state index in [2.05, 4.69) is 17.3 Å². The van der Waals surface area contributed by atoms with Crippen LogP contribution in [0, 0.1) is 35.5 Å². The number of rotatable bonds is 5.